The molecule has 5 rings (SSSR count). The van der Waals surface area contributed by atoms with E-state index in [0.29, 0.717) is 0 Å². The van der Waals surface area contributed by atoms with Gasteiger partial charge in [-0.3, -0.25) is 24.2 Å². The molecular weight excluding hydrogens is 604 g/mol. The van der Waals surface area contributed by atoms with E-state index < -0.39 is 52.6 Å². The zero-order valence-electron chi connectivity index (χ0n) is 24.4. The van der Waals surface area contributed by atoms with Crippen LogP contribution in [0.15, 0.2) is 60.8 Å². The summed E-state index contributed by atoms with van der Waals surface area (Å²) in [5, 5.41) is 21.2. The molecule has 1 aromatic heterocycles. The van der Waals surface area contributed by atoms with E-state index in [-0.39, 0.29) is 61.4 Å². The second-order valence-corrected chi connectivity index (χ2v) is 12.1. The molecular formula is C32H30ClF2N7O3. The summed E-state index contributed by atoms with van der Waals surface area (Å²) in [5.41, 5.74) is -0.804. The average molecular weight is 634 g/mol. The topological polar surface area (TPSA) is 143 Å². The molecule has 0 bridgehead atoms. The number of rotatable bonds is 7. The Morgan fingerprint density at radius 1 is 1.16 bits per heavy atom. The summed E-state index contributed by atoms with van der Waals surface area (Å²) in [7, 11) is 0. The molecule has 2 heterocycles. The van der Waals surface area contributed by atoms with Gasteiger partial charge < -0.3 is 5.32 Å². The third-order valence-electron chi connectivity index (χ3n) is 8.56. The highest BCUT2D eigenvalue weighted by molar-refractivity contribution is 6.23. The lowest BCUT2D eigenvalue weighted by Gasteiger charge is -2.45. The van der Waals surface area contributed by atoms with Crippen molar-refractivity contribution in [3.63, 3.8) is 0 Å². The third-order valence-corrected chi connectivity index (χ3v) is 9.18. The van der Waals surface area contributed by atoms with E-state index >= 15 is 0 Å². The van der Waals surface area contributed by atoms with Crippen molar-refractivity contribution in [3.05, 3.63) is 72.1 Å². The molecule has 13 heteroatoms. The second-order valence-electron chi connectivity index (χ2n) is 11.6. The molecule has 2 fully saturated rings. The Morgan fingerprint density at radius 3 is 2.60 bits per heavy atom. The molecule has 3 amide bonds. The average Bonchev–Trinajstić information content (AvgIpc) is 3.43. The van der Waals surface area contributed by atoms with E-state index in [1.54, 1.807) is 49.4 Å². The number of hydrogen-bond acceptors (Lipinski definition) is 7. The van der Waals surface area contributed by atoms with Gasteiger partial charge in [0.2, 0.25) is 23.7 Å². The van der Waals surface area contributed by atoms with Crippen LogP contribution in [0.2, 0.25) is 0 Å². The van der Waals surface area contributed by atoms with E-state index in [9.17, 15) is 33.7 Å². The van der Waals surface area contributed by atoms with Crippen LogP contribution < -0.4 is 15.1 Å². The van der Waals surface area contributed by atoms with Gasteiger partial charge in [-0.1, -0.05) is 37.3 Å². The first-order chi connectivity index (χ1) is 21.5. The fraction of sp³-hybridized carbons (Fsp3) is 0.406. The van der Waals surface area contributed by atoms with Crippen molar-refractivity contribution in [1.29, 1.82) is 10.5 Å². The monoisotopic (exact) mass is 633 g/mol. The maximum atomic E-state index is 14.8. The number of amides is 3. The van der Waals surface area contributed by atoms with Gasteiger partial charge in [-0.05, 0) is 43.5 Å². The van der Waals surface area contributed by atoms with Crippen molar-refractivity contribution in [2.45, 2.75) is 74.9 Å². The van der Waals surface area contributed by atoms with Gasteiger partial charge >= 0.3 is 0 Å². The SMILES string of the molecule is CC1([C@@H](C(=O)NC2CCC(F)(F)CC2)N(C(=O)[C@@H]2CCC(=O)N2c2nccc(C#N)n2)c2cccc(C#N)c2)C=CC=CC1Cl. The summed E-state index contributed by atoms with van der Waals surface area (Å²) >= 11 is 6.86. The van der Waals surface area contributed by atoms with Gasteiger partial charge in [0.15, 0.2) is 0 Å². The number of allylic oxidation sites excluding steroid dienone is 3. The third kappa shape index (κ3) is 6.43. The number of anilines is 2. The molecule has 3 aliphatic rings. The van der Waals surface area contributed by atoms with Gasteiger partial charge in [-0.15, -0.1) is 11.6 Å². The lowest BCUT2D eigenvalue weighted by Crippen LogP contribution is -2.63. The molecule has 1 aliphatic heterocycles. The summed E-state index contributed by atoms with van der Waals surface area (Å²) in [6, 6.07) is 8.40. The minimum absolute atomic E-state index is 0.00332. The van der Waals surface area contributed by atoms with Crippen molar-refractivity contribution in [2.24, 2.45) is 5.41 Å². The van der Waals surface area contributed by atoms with Crippen LogP contribution in [-0.2, 0) is 14.4 Å². The van der Waals surface area contributed by atoms with E-state index in [2.05, 4.69) is 15.3 Å². The highest BCUT2D eigenvalue weighted by Crippen LogP contribution is 2.42. The number of benzene rings is 1. The molecule has 2 unspecified atom stereocenters. The molecule has 0 radical (unpaired) electrons. The quantitative estimate of drug-likeness (QED) is 0.441. The molecule has 0 spiro atoms. The molecule has 1 N–H and O–H groups in total. The predicted octanol–water partition coefficient (Wildman–Crippen LogP) is 4.55. The van der Waals surface area contributed by atoms with Crippen LogP contribution >= 0.6 is 11.6 Å². The molecule has 4 atom stereocenters. The van der Waals surface area contributed by atoms with Gasteiger partial charge in [0, 0.05) is 42.6 Å². The minimum atomic E-state index is -2.81. The van der Waals surface area contributed by atoms with Gasteiger partial charge in [-0.25, -0.2) is 18.7 Å². The van der Waals surface area contributed by atoms with Gasteiger partial charge in [-0.2, -0.15) is 10.5 Å². The van der Waals surface area contributed by atoms with Crippen molar-refractivity contribution in [3.8, 4) is 12.1 Å². The number of alkyl halides is 3. The summed E-state index contributed by atoms with van der Waals surface area (Å²) in [4.78, 5) is 53.0. The Labute approximate surface area is 264 Å². The van der Waals surface area contributed by atoms with E-state index in [4.69, 9.17) is 11.6 Å². The van der Waals surface area contributed by atoms with Crippen molar-refractivity contribution >= 4 is 41.0 Å². The fourth-order valence-electron chi connectivity index (χ4n) is 6.09. The number of carbonyl (C=O) groups excluding carboxylic acids is 3. The maximum absolute atomic E-state index is 14.8. The smallest absolute Gasteiger partial charge is 0.251 e. The van der Waals surface area contributed by atoms with Gasteiger partial charge in [0.25, 0.3) is 5.91 Å². The number of aromatic nitrogens is 2. The Bertz CT molecular complexity index is 1640. The van der Waals surface area contributed by atoms with E-state index in [1.165, 1.54) is 23.2 Å². The van der Waals surface area contributed by atoms with Crippen molar-refractivity contribution in [2.75, 3.05) is 9.80 Å². The minimum Gasteiger partial charge on any atom is -0.352 e. The number of hydrogen-bond donors (Lipinski definition) is 1. The molecule has 1 saturated carbocycles. The predicted molar refractivity (Wildman–Crippen MR) is 161 cm³/mol. The summed E-state index contributed by atoms with van der Waals surface area (Å²) < 4.78 is 27.9. The van der Waals surface area contributed by atoms with Crippen LogP contribution in [0.1, 0.15) is 56.7 Å². The zero-order chi connectivity index (χ0) is 32.4. The Morgan fingerprint density at radius 2 is 1.91 bits per heavy atom. The molecule has 2 aliphatic carbocycles. The lowest BCUT2D eigenvalue weighted by atomic mass is 9.74. The van der Waals surface area contributed by atoms with Crippen LogP contribution in [0.25, 0.3) is 0 Å². The summed E-state index contributed by atoms with van der Waals surface area (Å²) in [6.07, 6.45) is 7.53. The highest BCUT2D eigenvalue weighted by Gasteiger charge is 2.52. The first-order valence-corrected chi connectivity index (χ1v) is 15.0. The number of nitrogens with zero attached hydrogens (tertiary/aromatic N) is 6. The zero-order valence-corrected chi connectivity index (χ0v) is 25.1. The Balaban J connectivity index is 1.62. The van der Waals surface area contributed by atoms with Gasteiger partial charge in [0.1, 0.15) is 23.8 Å². The number of halogens is 3. The standard InChI is InChI=1S/C32H30ClF2N7O3/c1-31(13-3-2-7-25(31)33)27(28(44)39-21-10-14-32(34,35)15-11-21)41(23-6-4-5-20(17-23)18-36)29(45)24-8-9-26(43)42(24)30-38-16-12-22(19-37)40-30/h2-7,12-13,16-17,21,24-25,27H,8-11,14-15H2,1H3,(H,39,44)/t24-,25?,27+,31?/m0/s1. The Hall–Kier alpha value is -4.68. The molecule has 10 nitrogen and oxygen atoms in total. The van der Waals surface area contributed by atoms with Crippen molar-refractivity contribution in [1.82, 2.24) is 15.3 Å². The van der Waals surface area contributed by atoms with Crippen LogP contribution in [0.5, 0.6) is 0 Å². The van der Waals surface area contributed by atoms with Crippen molar-refractivity contribution < 1.29 is 23.2 Å². The van der Waals surface area contributed by atoms with E-state index in [0.717, 1.165) is 4.90 Å². The first-order valence-electron chi connectivity index (χ1n) is 14.5. The normalized spacial score (nSPS) is 24.8. The van der Waals surface area contributed by atoms with Crippen LogP contribution in [0, 0.1) is 28.1 Å². The summed E-state index contributed by atoms with van der Waals surface area (Å²) in [5.74, 6) is -4.67. The van der Waals surface area contributed by atoms with Gasteiger partial charge in [0.05, 0.1) is 17.0 Å². The van der Waals surface area contributed by atoms with Crippen LogP contribution in [-0.4, -0.2) is 57.1 Å². The van der Waals surface area contributed by atoms with Crippen LogP contribution in [0.4, 0.5) is 20.4 Å². The fourth-order valence-corrected chi connectivity index (χ4v) is 6.37. The van der Waals surface area contributed by atoms with Crippen LogP contribution in [0.3, 0.4) is 0 Å². The molecule has 2 aromatic rings. The highest BCUT2D eigenvalue weighted by atomic mass is 35.5. The summed E-state index contributed by atoms with van der Waals surface area (Å²) in [6.45, 7) is 1.72. The largest absolute Gasteiger partial charge is 0.352 e. The maximum Gasteiger partial charge on any atom is 0.251 e. The number of carbonyl (C=O) groups is 3. The first kappa shape index (κ1) is 31.7. The lowest BCUT2D eigenvalue weighted by molar-refractivity contribution is -0.130. The molecule has 1 aromatic carbocycles. The Kier molecular flexibility index (Phi) is 8.98. The molecule has 1 saturated heterocycles. The number of nitrogens with one attached hydrogen (secondary N) is 1. The van der Waals surface area contributed by atoms with E-state index in [1.807, 2.05) is 12.1 Å². The number of nitriles is 2. The molecule has 45 heavy (non-hydrogen) atoms. The molecule has 232 valence electrons. The second kappa shape index (κ2) is 12.7.